The molecule has 0 saturated carbocycles. The second-order valence-electron chi connectivity index (χ2n) is 5.39. The Balaban J connectivity index is 2.35. The van der Waals surface area contributed by atoms with E-state index in [0.717, 1.165) is 6.42 Å². The summed E-state index contributed by atoms with van der Waals surface area (Å²) in [6, 6.07) is 0. The molecule has 6 nitrogen and oxygen atoms in total. The molecule has 2 rings (SSSR count). The highest BCUT2D eigenvalue weighted by Crippen LogP contribution is 2.29. The monoisotopic (exact) mass is 287 g/mol. The van der Waals surface area contributed by atoms with Crippen molar-refractivity contribution >= 4 is 10.0 Å². The van der Waals surface area contributed by atoms with Gasteiger partial charge in [0.2, 0.25) is 10.0 Å². The van der Waals surface area contributed by atoms with E-state index in [-0.39, 0.29) is 17.2 Å². The van der Waals surface area contributed by atoms with Crippen LogP contribution in [-0.4, -0.2) is 41.1 Å². The van der Waals surface area contributed by atoms with Gasteiger partial charge in [-0.1, -0.05) is 13.8 Å². The van der Waals surface area contributed by atoms with E-state index in [4.69, 9.17) is 0 Å². The van der Waals surface area contributed by atoms with Crippen molar-refractivity contribution in [3.05, 3.63) is 11.4 Å². The lowest BCUT2D eigenvalue weighted by Crippen LogP contribution is -2.42. The second kappa shape index (κ2) is 5.22. The highest BCUT2D eigenvalue weighted by molar-refractivity contribution is 7.89. The average molecular weight is 287 g/mol. The maximum atomic E-state index is 12.7. The van der Waals surface area contributed by atoms with Gasteiger partial charge in [-0.2, -0.15) is 9.40 Å². The molecule has 0 amide bonds. The first kappa shape index (κ1) is 14.5. The fourth-order valence-corrected chi connectivity index (χ4v) is 4.37. The van der Waals surface area contributed by atoms with E-state index in [0.29, 0.717) is 30.6 Å². The van der Waals surface area contributed by atoms with Gasteiger partial charge < -0.3 is 5.11 Å². The molecule has 108 valence electrons. The molecule has 0 aliphatic carbocycles. The molecule has 0 radical (unpaired) electrons. The average Bonchev–Trinajstić information content (AvgIpc) is 2.74. The smallest absolute Gasteiger partial charge is 0.246 e. The van der Waals surface area contributed by atoms with E-state index in [1.807, 2.05) is 0 Å². The van der Waals surface area contributed by atoms with Crippen LogP contribution in [0.5, 0.6) is 0 Å². The Bertz CT molecular complexity index is 553. The molecule has 19 heavy (non-hydrogen) atoms. The number of nitrogens with one attached hydrogen (secondary N) is 1. The highest BCUT2D eigenvalue weighted by Gasteiger charge is 2.35. The maximum Gasteiger partial charge on any atom is 0.246 e. The molecule has 1 aromatic rings. The van der Waals surface area contributed by atoms with Gasteiger partial charge in [-0.05, 0) is 25.2 Å². The van der Waals surface area contributed by atoms with Gasteiger partial charge >= 0.3 is 0 Å². The molecule has 2 heterocycles. The predicted molar refractivity (Wildman–Crippen MR) is 71.0 cm³/mol. The fourth-order valence-electron chi connectivity index (χ4n) is 2.49. The first-order valence-electron chi connectivity index (χ1n) is 6.52. The summed E-state index contributed by atoms with van der Waals surface area (Å²) in [7, 11) is -3.57. The number of hydrogen-bond donors (Lipinski definition) is 2. The van der Waals surface area contributed by atoms with Crippen molar-refractivity contribution in [2.24, 2.45) is 11.8 Å². The molecule has 2 N–H and O–H groups in total. The Morgan fingerprint density at radius 3 is 2.68 bits per heavy atom. The maximum absolute atomic E-state index is 12.7. The molecule has 2 unspecified atom stereocenters. The van der Waals surface area contributed by atoms with Crippen molar-refractivity contribution in [2.45, 2.75) is 38.7 Å². The van der Waals surface area contributed by atoms with Crippen LogP contribution in [0, 0.1) is 18.8 Å². The summed E-state index contributed by atoms with van der Waals surface area (Å²) in [5.41, 5.74) is 0.680. The zero-order chi connectivity index (χ0) is 14.2. The van der Waals surface area contributed by atoms with Crippen molar-refractivity contribution in [1.82, 2.24) is 14.5 Å². The van der Waals surface area contributed by atoms with Crippen molar-refractivity contribution in [3.8, 4) is 0 Å². The number of rotatable bonds is 3. The van der Waals surface area contributed by atoms with Gasteiger partial charge in [-0.15, -0.1) is 0 Å². The molecule has 7 heteroatoms. The lowest BCUT2D eigenvalue weighted by molar-refractivity contribution is 0.212. The molecule has 0 bridgehead atoms. The van der Waals surface area contributed by atoms with Crippen LogP contribution >= 0.6 is 0 Å². The van der Waals surface area contributed by atoms with Gasteiger partial charge in [0.15, 0.2) is 0 Å². The minimum atomic E-state index is -3.57. The number of sulfonamides is 1. The number of hydrogen-bond acceptors (Lipinski definition) is 4. The lowest BCUT2D eigenvalue weighted by Gasteiger charge is -2.34. The number of aromatic nitrogens is 2. The van der Waals surface area contributed by atoms with Crippen LogP contribution in [-0.2, 0) is 16.6 Å². The van der Waals surface area contributed by atoms with Crippen LogP contribution in [0.25, 0.3) is 0 Å². The van der Waals surface area contributed by atoms with Crippen molar-refractivity contribution in [1.29, 1.82) is 0 Å². The largest absolute Gasteiger partial charge is 0.390 e. The van der Waals surface area contributed by atoms with Crippen molar-refractivity contribution < 1.29 is 13.5 Å². The molecule has 1 aliphatic heterocycles. The van der Waals surface area contributed by atoms with Crippen LogP contribution in [0.1, 0.15) is 31.7 Å². The van der Waals surface area contributed by atoms with Crippen molar-refractivity contribution in [3.63, 3.8) is 0 Å². The number of aromatic amines is 1. The SMILES string of the molecule is Cc1[nH]nc(CO)c1S(=O)(=O)N1CCC(C)C(C)C1. The summed E-state index contributed by atoms with van der Waals surface area (Å²) in [4.78, 5) is 0.136. The van der Waals surface area contributed by atoms with Crippen LogP contribution in [0.3, 0.4) is 0 Å². The number of aliphatic hydroxyl groups excluding tert-OH is 1. The minimum absolute atomic E-state index is 0.136. The Morgan fingerprint density at radius 1 is 1.42 bits per heavy atom. The summed E-state index contributed by atoms with van der Waals surface area (Å²) in [6.45, 7) is 6.56. The van der Waals surface area contributed by atoms with Gasteiger partial charge in [0.1, 0.15) is 10.6 Å². The highest BCUT2D eigenvalue weighted by atomic mass is 32.2. The number of piperidine rings is 1. The summed E-state index contributed by atoms with van der Waals surface area (Å²) in [5.74, 6) is 0.877. The molecule has 1 fully saturated rings. The Labute approximate surface area is 113 Å². The Hall–Kier alpha value is -0.920. The van der Waals surface area contributed by atoms with Gasteiger partial charge in [0.05, 0.1) is 12.3 Å². The summed E-state index contributed by atoms with van der Waals surface area (Å²) < 4.78 is 26.8. The summed E-state index contributed by atoms with van der Waals surface area (Å²) >= 11 is 0. The third kappa shape index (κ3) is 2.54. The third-order valence-corrected chi connectivity index (χ3v) is 6.07. The number of nitrogens with zero attached hydrogens (tertiary/aromatic N) is 2. The number of H-pyrrole nitrogens is 1. The van der Waals surface area contributed by atoms with Gasteiger partial charge in [-0.3, -0.25) is 5.10 Å². The molecule has 1 aliphatic rings. The molecule has 0 aromatic carbocycles. The second-order valence-corrected chi connectivity index (χ2v) is 7.26. The zero-order valence-electron chi connectivity index (χ0n) is 11.5. The molecule has 1 aromatic heterocycles. The molecular formula is C12H21N3O3S. The van der Waals surface area contributed by atoms with E-state index < -0.39 is 10.0 Å². The predicted octanol–water partition coefficient (Wildman–Crippen LogP) is 0.877. The quantitative estimate of drug-likeness (QED) is 0.864. The third-order valence-electron chi connectivity index (χ3n) is 4.01. The zero-order valence-corrected chi connectivity index (χ0v) is 12.4. The number of aliphatic hydroxyl groups is 1. The van der Waals surface area contributed by atoms with Gasteiger partial charge in [-0.25, -0.2) is 8.42 Å². The van der Waals surface area contributed by atoms with Crippen LogP contribution in [0.15, 0.2) is 4.90 Å². The van der Waals surface area contributed by atoms with E-state index in [2.05, 4.69) is 24.0 Å². The van der Waals surface area contributed by atoms with E-state index >= 15 is 0 Å². The van der Waals surface area contributed by atoms with E-state index in [9.17, 15) is 13.5 Å². The Kier molecular flexibility index (Phi) is 3.98. The van der Waals surface area contributed by atoms with Gasteiger partial charge in [0.25, 0.3) is 0 Å². The summed E-state index contributed by atoms with van der Waals surface area (Å²) in [5, 5.41) is 15.7. The topological polar surface area (TPSA) is 86.3 Å². The molecular weight excluding hydrogens is 266 g/mol. The van der Waals surface area contributed by atoms with E-state index in [1.54, 1.807) is 6.92 Å². The standard InChI is InChI=1S/C12H21N3O3S/c1-8-4-5-15(6-9(8)2)19(17,18)12-10(3)13-14-11(12)7-16/h8-9,16H,4-7H2,1-3H3,(H,13,14). The molecule has 2 atom stereocenters. The minimum Gasteiger partial charge on any atom is -0.390 e. The fraction of sp³-hybridized carbons (Fsp3) is 0.750. The summed E-state index contributed by atoms with van der Waals surface area (Å²) in [6.07, 6.45) is 0.867. The van der Waals surface area contributed by atoms with Crippen molar-refractivity contribution in [2.75, 3.05) is 13.1 Å². The van der Waals surface area contributed by atoms with Crippen LogP contribution < -0.4 is 0 Å². The lowest BCUT2D eigenvalue weighted by atomic mass is 9.90. The Morgan fingerprint density at radius 2 is 2.11 bits per heavy atom. The first-order chi connectivity index (χ1) is 8.87. The normalized spacial score (nSPS) is 25.7. The van der Waals surface area contributed by atoms with Crippen LogP contribution in [0.2, 0.25) is 0 Å². The molecule has 0 spiro atoms. The first-order valence-corrected chi connectivity index (χ1v) is 7.96. The molecule has 1 saturated heterocycles. The number of aryl methyl sites for hydroxylation is 1. The van der Waals surface area contributed by atoms with Gasteiger partial charge in [0, 0.05) is 13.1 Å². The van der Waals surface area contributed by atoms with Crippen LogP contribution in [0.4, 0.5) is 0 Å². The van der Waals surface area contributed by atoms with E-state index in [1.165, 1.54) is 4.31 Å².